The number of anilines is 2. The van der Waals surface area contributed by atoms with E-state index in [4.69, 9.17) is 4.74 Å². The predicted molar refractivity (Wildman–Crippen MR) is 142 cm³/mol. The lowest BCUT2D eigenvalue weighted by Gasteiger charge is -2.10. The number of carboxylic acid groups (broad SMARTS) is 2. The summed E-state index contributed by atoms with van der Waals surface area (Å²) in [4.78, 5) is 70.1. The highest BCUT2D eigenvalue weighted by Crippen LogP contribution is 2.24. The molecule has 0 heterocycles. The van der Waals surface area contributed by atoms with E-state index >= 15 is 0 Å². The number of carbonyl (C=O) groups is 6. The molecule has 208 valence electrons. The molecule has 39 heavy (non-hydrogen) atoms. The normalized spacial score (nSPS) is 10.4. The predicted octanol–water partition coefficient (Wildman–Crippen LogP) is 4.91. The number of unbranched alkanes of at least 4 members (excludes halogenated alkanes) is 5. The second-order valence-electron chi connectivity index (χ2n) is 8.96. The Morgan fingerprint density at radius 2 is 1.13 bits per heavy atom. The van der Waals surface area contributed by atoms with Crippen LogP contribution >= 0.6 is 0 Å². The van der Waals surface area contributed by atoms with E-state index in [-0.39, 0.29) is 58.6 Å². The first-order chi connectivity index (χ1) is 18.5. The molecule has 0 saturated heterocycles. The summed E-state index contributed by atoms with van der Waals surface area (Å²) in [6.45, 7) is 2.60. The van der Waals surface area contributed by atoms with Gasteiger partial charge in [0.15, 0.2) is 5.78 Å². The molecule has 0 spiro atoms. The third kappa shape index (κ3) is 10.4. The van der Waals surface area contributed by atoms with Crippen LogP contribution in [-0.4, -0.2) is 45.7 Å². The quantitative estimate of drug-likeness (QED) is 0.106. The highest BCUT2D eigenvalue weighted by molar-refractivity contribution is 6.07. The number of hydrogen-bond donors (Lipinski definition) is 4. The zero-order valence-electron chi connectivity index (χ0n) is 21.9. The second-order valence-corrected chi connectivity index (χ2v) is 8.96. The molecule has 0 atom stereocenters. The first-order valence-electron chi connectivity index (χ1n) is 12.5. The van der Waals surface area contributed by atoms with E-state index in [1.54, 1.807) is 0 Å². The molecule has 2 rings (SSSR count). The van der Waals surface area contributed by atoms with Gasteiger partial charge < -0.3 is 25.6 Å². The van der Waals surface area contributed by atoms with Gasteiger partial charge in [-0.2, -0.15) is 0 Å². The van der Waals surface area contributed by atoms with Crippen LogP contribution < -0.4 is 15.4 Å². The van der Waals surface area contributed by atoms with Crippen molar-refractivity contribution < 1.29 is 43.7 Å². The summed E-state index contributed by atoms with van der Waals surface area (Å²) in [5.74, 6) is -4.17. The molecule has 11 nitrogen and oxygen atoms in total. The molecule has 4 N–H and O–H groups in total. The summed E-state index contributed by atoms with van der Waals surface area (Å²) in [6, 6.07) is 8.17. The Morgan fingerprint density at radius 1 is 0.641 bits per heavy atom. The molecule has 0 aromatic heterocycles. The molecule has 0 radical (unpaired) electrons. The number of aromatic carboxylic acids is 2. The average molecular weight is 541 g/mol. The van der Waals surface area contributed by atoms with Crippen LogP contribution in [-0.2, 0) is 14.4 Å². The topological polar surface area (TPSA) is 176 Å². The zero-order valence-corrected chi connectivity index (χ0v) is 21.9. The fourth-order valence-electron chi connectivity index (χ4n) is 3.88. The molecular weight excluding hydrogens is 508 g/mol. The van der Waals surface area contributed by atoms with Crippen molar-refractivity contribution in [3.8, 4) is 5.75 Å². The number of nitrogens with one attached hydrogen (secondary N) is 2. The number of ether oxygens (including phenoxy) is 1. The minimum atomic E-state index is -1.29. The third-order valence-electron chi connectivity index (χ3n) is 5.66. The number of carboxylic acids is 2. The summed E-state index contributed by atoms with van der Waals surface area (Å²) in [7, 11) is 0. The minimum Gasteiger partial charge on any atom is -0.478 e. The Labute approximate surface area is 225 Å². The Morgan fingerprint density at radius 3 is 1.67 bits per heavy atom. The van der Waals surface area contributed by atoms with Gasteiger partial charge in [0.25, 0.3) is 0 Å². The highest BCUT2D eigenvalue weighted by Gasteiger charge is 2.18. The van der Waals surface area contributed by atoms with Crippen LogP contribution in [0.25, 0.3) is 0 Å². The first-order valence-corrected chi connectivity index (χ1v) is 12.5. The van der Waals surface area contributed by atoms with Gasteiger partial charge in [0, 0.05) is 43.6 Å². The van der Waals surface area contributed by atoms with Gasteiger partial charge >= 0.3 is 17.9 Å². The number of esters is 1. The fourth-order valence-corrected chi connectivity index (χ4v) is 3.88. The van der Waals surface area contributed by atoms with Crippen molar-refractivity contribution in [1.82, 2.24) is 0 Å². The van der Waals surface area contributed by atoms with Crippen LogP contribution in [0, 0.1) is 0 Å². The smallest absolute Gasteiger partial charge is 0.339 e. The van der Waals surface area contributed by atoms with E-state index in [0.717, 1.165) is 25.7 Å². The van der Waals surface area contributed by atoms with Crippen LogP contribution in [0.15, 0.2) is 36.4 Å². The van der Waals surface area contributed by atoms with Crippen LogP contribution in [0.4, 0.5) is 11.4 Å². The number of ketones is 1. The lowest BCUT2D eigenvalue weighted by Crippen LogP contribution is -2.12. The Kier molecular flexibility index (Phi) is 11.8. The number of amides is 2. The molecule has 2 amide bonds. The van der Waals surface area contributed by atoms with Gasteiger partial charge in [-0.3, -0.25) is 19.2 Å². The van der Waals surface area contributed by atoms with Gasteiger partial charge in [-0.25, -0.2) is 9.59 Å². The molecule has 2 aromatic rings. The van der Waals surface area contributed by atoms with Gasteiger partial charge in [0.2, 0.25) is 11.8 Å². The average Bonchev–Trinajstić information content (AvgIpc) is 2.85. The highest BCUT2D eigenvalue weighted by atomic mass is 16.5. The Hall–Kier alpha value is -4.54. The van der Waals surface area contributed by atoms with E-state index in [1.807, 2.05) is 0 Å². The maximum atomic E-state index is 12.5. The molecule has 2 aromatic carbocycles. The van der Waals surface area contributed by atoms with Gasteiger partial charge in [-0.05, 0) is 49.2 Å². The van der Waals surface area contributed by atoms with Crippen molar-refractivity contribution >= 4 is 46.9 Å². The van der Waals surface area contributed by atoms with Gasteiger partial charge in [0.05, 0.1) is 5.56 Å². The van der Waals surface area contributed by atoms with E-state index in [1.165, 1.54) is 50.2 Å². The second kappa shape index (κ2) is 15.0. The van der Waals surface area contributed by atoms with Crippen LogP contribution in [0.2, 0.25) is 0 Å². The monoisotopic (exact) mass is 540 g/mol. The summed E-state index contributed by atoms with van der Waals surface area (Å²) >= 11 is 0. The van der Waals surface area contributed by atoms with Crippen molar-refractivity contribution in [1.29, 1.82) is 0 Å². The third-order valence-corrected chi connectivity index (χ3v) is 5.66. The molecule has 0 bridgehead atoms. The van der Waals surface area contributed by atoms with E-state index in [0.29, 0.717) is 18.5 Å². The fraction of sp³-hybridized carbons (Fsp3) is 0.357. The summed E-state index contributed by atoms with van der Waals surface area (Å²) < 4.78 is 5.20. The molecule has 0 aliphatic heterocycles. The standard InChI is InChI=1S/C28H32N2O9/c1-17(31)29-19-11-13-21(22(15-19)27(35)36)24(33)9-7-5-3-4-6-8-10-26(34)39-25-14-12-20(30-18(2)32)16-23(25)28(37)38/h11-16H,3-10H2,1-2H3,(H,29,31)(H,30,32)(H,35,36)(H,37,38). The minimum absolute atomic E-state index is 0.0953. The summed E-state index contributed by atoms with van der Waals surface area (Å²) in [6.07, 6.45) is 4.57. The maximum Gasteiger partial charge on any atom is 0.339 e. The van der Waals surface area contributed by atoms with Gasteiger partial charge in [-0.1, -0.05) is 25.7 Å². The number of hydrogen-bond acceptors (Lipinski definition) is 7. The number of rotatable bonds is 15. The molecule has 0 saturated carbocycles. The van der Waals surface area contributed by atoms with Crippen molar-refractivity contribution in [2.75, 3.05) is 10.6 Å². The van der Waals surface area contributed by atoms with Crippen molar-refractivity contribution in [2.24, 2.45) is 0 Å². The first kappa shape index (κ1) is 30.7. The number of Topliss-reactive ketones (excluding diaryl/α,β-unsaturated/α-hetero) is 1. The molecule has 0 aliphatic rings. The molecular formula is C28H32N2O9. The lowest BCUT2D eigenvalue weighted by atomic mass is 9.98. The van der Waals surface area contributed by atoms with E-state index in [2.05, 4.69) is 10.6 Å². The van der Waals surface area contributed by atoms with Crippen LogP contribution in [0.1, 0.15) is 96.3 Å². The van der Waals surface area contributed by atoms with Crippen molar-refractivity contribution in [3.63, 3.8) is 0 Å². The largest absolute Gasteiger partial charge is 0.478 e. The zero-order chi connectivity index (χ0) is 28.9. The van der Waals surface area contributed by atoms with E-state index in [9.17, 15) is 39.0 Å². The van der Waals surface area contributed by atoms with Crippen LogP contribution in [0.3, 0.4) is 0 Å². The number of benzene rings is 2. The van der Waals surface area contributed by atoms with Crippen molar-refractivity contribution in [3.05, 3.63) is 53.1 Å². The van der Waals surface area contributed by atoms with E-state index < -0.39 is 17.9 Å². The van der Waals surface area contributed by atoms with Crippen molar-refractivity contribution in [2.45, 2.75) is 65.2 Å². The molecule has 11 heteroatoms. The van der Waals surface area contributed by atoms with Crippen LogP contribution in [0.5, 0.6) is 5.75 Å². The van der Waals surface area contributed by atoms with Gasteiger partial charge in [-0.15, -0.1) is 0 Å². The molecule has 0 fully saturated rings. The summed E-state index contributed by atoms with van der Waals surface area (Å²) in [5.41, 5.74) is 0.303. The SMILES string of the molecule is CC(=O)Nc1ccc(OC(=O)CCCCCCCCC(=O)c2ccc(NC(C)=O)cc2C(=O)O)c(C(=O)O)c1. The molecule has 0 unspecified atom stereocenters. The number of carbonyl (C=O) groups excluding carboxylic acids is 4. The Bertz CT molecular complexity index is 1250. The Balaban J connectivity index is 1.71. The maximum absolute atomic E-state index is 12.5. The lowest BCUT2D eigenvalue weighted by molar-refractivity contribution is -0.134. The molecule has 0 aliphatic carbocycles. The van der Waals surface area contributed by atoms with Gasteiger partial charge in [0.1, 0.15) is 11.3 Å². The summed E-state index contributed by atoms with van der Waals surface area (Å²) in [5, 5.41) is 23.8.